The predicted octanol–water partition coefficient (Wildman–Crippen LogP) is 1.68. The zero-order valence-electron chi connectivity index (χ0n) is 14.0. The van der Waals surface area contributed by atoms with Crippen molar-refractivity contribution in [2.45, 2.75) is 36.6 Å². The summed E-state index contributed by atoms with van der Waals surface area (Å²) >= 11 is 1.03. The van der Waals surface area contributed by atoms with Gasteiger partial charge in [-0.15, -0.1) is 11.3 Å². The molecule has 2 atom stereocenters. The SMILES string of the molecule is COC(=O)c1sccc1S(=O)(=O)N1CCOC[C@H]1[C@H]1CCCCC1=O. The first-order valence-corrected chi connectivity index (χ1v) is 10.6. The molecule has 2 heterocycles. The first kappa shape index (κ1) is 18.5. The van der Waals surface area contributed by atoms with Crippen LogP contribution < -0.4 is 0 Å². The van der Waals surface area contributed by atoms with Crippen molar-refractivity contribution in [3.8, 4) is 0 Å². The number of carbonyl (C=O) groups is 2. The first-order valence-electron chi connectivity index (χ1n) is 8.25. The number of thiophene rings is 1. The lowest BCUT2D eigenvalue weighted by atomic mass is 9.82. The molecule has 0 radical (unpaired) electrons. The number of sulfonamides is 1. The van der Waals surface area contributed by atoms with E-state index in [0.29, 0.717) is 12.8 Å². The van der Waals surface area contributed by atoms with Crippen LogP contribution in [0, 0.1) is 5.92 Å². The third-order valence-electron chi connectivity index (χ3n) is 4.77. The molecule has 2 fully saturated rings. The van der Waals surface area contributed by atoms with E-state index in [1.54, 1.807) is 5.38 Å². The lowest BCUT2D eigenvalue weighted by molar-refractivity contribution is -0.128. The fraction of sp³-hybridized carbons (Fsp3) is 0.625. The molecule has 7 nitrogen and oxygen atoms in total. The van der Waals surface area contributed by atoms with Crippen molar-refractivity contribution in [2.75, 3.05) is 26.9 Å². The van der Waals surface area contributed by atoms with E-state index in [4.69, 9.17) is 4.74 Å². The smallest absolute Gasteiger partial charge is 0.349 e. The van der Waals surface area contributed by atoms with Crippen LogP contribution in [0.25, 0.3) is 0 Å². The van der Waals surface area contributed by atoms with Gasteiger partial charge in [-0.3, -0.25) is 4.79 Å². The van der Waals surface area contributed by atoms with Crippen LogP contribution in [0.1, 0.15) is 35.4 Å². The average Bonchev–Trinajstić information content (AvgIpc) is 3.12. The normalized spacial score (nSPS) is 25.7. The molecule has 2 aliphatic rings. The van der Waals surface area contributed by atoms with E-state index in [-0.39, 0.29) is 41.2 Å². The minimum atomic E-state index is -3.92. The summed E-state index contributed by atoms with van der Waals surface area (Å²) < 4.78 is 37.9. The maximum atomic E-state index is 13.2. The first-order chi connectivity index (χ1) is 12.0. The third-order valence-corrected chi connectivity index (χ3v) is 7.76. The van der Waals surface area contributed by atoms with Gasteiger partial charge in [0.2, 0.25) is 10.0 Å². The highest BCUT2D eigenvalue weighted by Gasteiger charge is 2.43. The van der Waals surface area contributed by atoms with Gasteiger partial charge in [-0.1, -0.05) is 6.42 Å². The Morgan fingerprint density at radius 2 is 2.20 bits per heavy atom. The fourth-order valence-corrected chi connectivity index (χ4v) is 6.45. The number of esters is 1. The van der Waals surface area contributed by atoms with Crippen molar-refractivity contribution in [3.05, 3.63) is 16.3 Å². The van der Waals surface area contributed by atoms with Crippen molar-refractivity contribution in [1.29, 1.82) is 0 Å². The summed E-state index contributed by atoms with van der Waals surface area (Å²) in [6, 6.07) is 0.901. The van der Waals surface area contributed by atoms with Crippen molar-refractivity contribution in [2.24, 2.45) is 5.92 Å². The van der Waals surface area contributed by atoms with Crippen molar-refractivity contribution < 1.29 is 27.5 Å². The number of Topliss-reactive ketones (excluding diaryl/α,β-unsaturated/α-hetero) is 1. The van der Waals surface area contributed by atoms with Crippen LogP contribution in [0.15, 0.2) is 16.3 Å². The quantitative estimate of drug-likeness (QED) is 0.730. The largest absolute Gasteiger partial charge is 0.465 e. The Morgan fingerprint density at radius 3 is 2.92 bits per heavy atom. The number of ketones is 1. The van der Waals surface area contributed by atoms with Gasteiger partial charge in [0.25, 0.3) is 0 Å². The maximum Gasteiger partial charge on any atom is 0.349 e. The van der Waals surface area contributed by atoms with E-state index in [9.17, 15) is 18.0 Å². The van der Waals surface area contributed by atoms with Crippen LogP contribution >= 0.6 is 11.3 Å². The van der Waals surface area contributed by atoms with Gasteiger partial charge in [0.05, 0.1) is 26.4 Å². The van der Waals surface area contributed by atoms with E-state index in [1.165, 1.54) is 17.5 Å². The summed E-state index contributed by atoms with van der Waals surface area (Å²) in [4.78, 5) is 24.2. The molecular weight excluding hydrogens is 366 g/mol. The second kappa shape index (κ2) is 7.53. The minimum Gasteiger partial charge on any atom is -0.465 e. The number of carbonyl (C=O) groups excluding carboxylic acids is 2. The van der Waals surface area contributed by atoms with Gasteiger partial charge in [0.1, 0.15) is 15.6 Å². The topological polar surface area (TPSA) is 90.0 Å². The molecule has 138 valence electrons. The highest BCUT2D eigenvalue weighted by atomic mass is 32.2. The van der Waals surface area contributed by atoms with Gasteiger partial charge in [0.15, 0.2) is 0 Å². The van der Waals surface area contributed by atoms with Crippen LogP contribution in [0.3, 0.4) is 0 Å². The maximum absolute atomic E-state index is 13.2. The molecule has 0 bridgehead atoms. The van der Waals surface area contributed by atoms with E-state index in [0.717, 1.165) is 24.2 Å². The summed E-state index contributed by atoms with van der Waals surface area (Å²) in [5.41, 5.74) is 0. The van der Waals surface area contributed by atoms with Crippen LogP contribution in [-0.2, 0) is 24.3 Å². The van der Waals surface area contributed by atoms with Crippen LogP contribution in [0.5, 0.6) is 0 Å². The van der Waals surface area contributed by atoms with E-state index < -0.39 is 22.0 Å². The van der Waals surface area contributed by atoms with Crippen molar-refractivity contribution in [3.63, 3.8) is 0 Å². The Labute approximate surface area is 151 Å². The third kappa shape index (κ3) is 3.51. The summed E-state index contributed by atoms with van der Waals surface area (Å²) in [6.07, 6.45) is 2.92. The molecular formula is C16H21NO6S2. The molecule has 1 aliphatic carbocycles. The Balaban J connectivity index is 1.95. The molecule has 3 rings (SSSR count). The standard InChI is InChI=1S/C16H21NO6S2/c1-22-16(19)15-14(6-9-24-15)25(20,21)17-7-8-23-10-12(17)11-4-2-3-5-13(11)18/h6,9,11-12H,2-5,7-8,10H2,1H3/t11-,12+/m1/s1. The van der Waals surface area contributed by atoms with Gasteiger partial charge in [-0.25, -0.2) is 13.2 Å². The van der Waals surface area contributed by atoms with E-state index >= 15 is 0 Å². The van der Waals surface area contributed by atoms with Crippen LogP contribution in [0.2, 0.25) is 0 Å². The molecule has 0 N–H and O–H groups in total. The summed E-state index contributed by atoms with van der Waals surface area (Å²) in [5, 5.41) is 1.56. The number of nitrogens with zero attached hydrogens (tertiary/aromatic N) is 1. The molecule has 9 heteroatoms. The van der Waals surface area contributed by atoms with Crippen LogP contribution in [0.4, 0.5) is 0 Å². The number of hydrogen-bond acceptors (Lipinski definition) is 7. The predicted molar refractivity (Wildman–Crippen MR) is 91.1 cm³/mol. The Kier molecular flexibility index (Phi) is 5.57. The van der Waals surface area contributed by atoms with Gasteiger partial charge in [0, 0.05) is 18.9 Å². The van der Waals surface area contributed by atoms with Gasteiger partial charge in [-0.05, 0) is 24.3 Å². The number of hydrogen-bond donors (Lipinski definition) is 0. The number of rotatable bonds is 4. The second-order valence-corrected chi connectivity index (χ2v) is 8.96. The zero-order valence-corrected chi connectivity index (χ0v) is 15.6. The Bertz CT molecular complexity index is 756. The fourth-order valence-electron chi connectivity index (χ4n) is 3.51. The zero-order chi connectivity index (χ0) is 18.0. The minimum absolute atomic E-state index is 0.0560. The average molecular weight is 387 g/mol. The second-order valence-electron chi connectivity index (χ2n) is 6.18. The monoisotopic (exact) mass is 387 g/mol. The Hall–Kier alpha value is -1.29. The molecule has 1 saturated heterocycles. The van der Waals surface area contributed by atoms with E-state index in [1.807, 2.05) is 0 Å². The van der Waals surface area contributed by atoms with Crippen LogP contribution in [-0.4, -0.2) is 57.4 Å². The summed E-state index contributed by atoms with van der Waals surface area (Å²) in [5.74, 6) is -0.920. The molecule has 0 amide bonds. The lowest BCUT2D eigenvalue weighted by Gasteiger charge is -2.39. The highest BCUT2D eigenvalue weighted by molar-refractivity contribution is 7.89. The van der Waals surface area contributed by atoms with Gasteiger partial charge >= 0.3 is 5.97 Å². The van der Waals surface area contributed by atoms with E-state index in [2.05, 4.69) is 4.74 Å². The summed E-state index contributed by atoms with van der Waals surface area (Å²) in [7, 11) is -2.70. The highest BCUT2D eigenvalue weighted by Crippen LogP contribution is 2.33. The summed E-state index contributed by atoms with van der Waals surface area (Å²) in [6.45, 7) is 0.648. The van der Waals surface area contributed by atoms with Crippen molar-refractivity contribution >= 4 is 33.1 Å². The molecule has 0 unspecified atom stereocenters. The molecule has 25 heavy (non-hydrogen) atoms. The lowest BCUT2D eigenvalue weighted by Crippen LogP contribution is -2.54. The number of ether oxygens (including phenoxy) is 2. The number of morpholine rings is 1. The Morgan fingerprint density at radius 1 is 1.40 bits per heavy atom. The molecule has 0 spiro atoms. The molecule has 1 aromatic rings. The molecule has 1 saturated carbocycles. The number of methoxy groups -OCH3 is 1. The van der Waals surface area contributed by atoms with Gasteiger partial charge in [-0.2, -0.15) is 4.31 Å². The molecule has 0 aromatic carbocycles. The molecule has 1 aliphatic heterocycles. The van der Waals surface area contributed by atoms with Gasteiger partial charge < -0.3 is 9.47 Å². The molecule has 1 aromatic heterocycles. The van der Waals surface area contributed by atoms with Crippen molar-refractivity contribution in [1.82, 2.24) is 4.31 Å².